The summed E-state index contributed by atoms with van der Waals surface area (Å²) in [6, 6.07) is 4.00. The number of aromatic nitrogens is 3. The van der Waals surface area contributed by atoms with Gasteiger partial charge in [0.1, 0.15) is 5.52 Å². The van der Waals surface area contributed by atoms with Crippen molar-refractivity contribution in [3.8, 4) is 0 Å². The Morgan fingerprint density at radius 1 is 1.15 bits per heavy atom. The predicted octanol–water partition coefficient (Wildman–Crippen LogP) is 2.38. The van der Waals surface area contributed by atoms with Crippen molar-refractivity contribution in [1.29, 1.82) is 0 Å². The summed E-state index contributed by atoms with van der Waals surface area (Å²) in [4.78, 5) is 4.44. The van der Waals surface area contributed by atoms with Gasteiger partial charge in [-0.15, -0.1) is 0 Å². The van der Waals surface area contributed by atoms with Crippen LogP contribution in [0.25, 0.3) is 11.2 Å². The molecule has 13 heavy (non-hydrogen) atoms. The molecule has 68 valence electrons. The summed E-state index contributed by atoms with van der Waals surface area (Å²) in [6.07, 6.45) is 0. The first-order chi connectivity index (χ1) is 6.07. The van der Waals surface area contributed by atoms with E-state index in [1.54, 1.807) is 0 Å². The smallest absolute Gasteiger partial charge is 0.193 e. The fraction of sp³-hybridized carbons (Fsp3) is 0.444. The second-order valence-corrected chi connectivity index (χ2v) is 4.58. The van der Waals surface area contributed by atoms with Crippen LogP contribution >= 0.6 is 11.7 Å². The third-order valence-electron chi connectivity index (χ3n) is 1.89. The molecule has 0 unspecified atom stereocenters. The van der Waals surface area contributed by atoms with Gasteiger partial charge in [0.25, 0.3) is 0 Å². The Morgan fingerprint density at radius 2 is 1.92 bits per heavy atom. The van der Waals surface area contributed by atoms with Crippen LogP contribution in [0.4, 0.5) is 0 Å². The van der Waals surface area contributed by atoms with Crippen molar-refractivity contribution < 1.29 is 0 Å². The summed E-state index contributed by atoms with van der Waals surface area (Å²) in [5, 5.41) is 0. The molecule has 0 amide bonds. The number of fused-ring (bicyclic) bond motifs is 1. The van der Waals surface area contributed by atoms with Crippen LogP contribution in [0, 0.1) is 0 Å². The van der Waals surface area contributed by atoms with Crippen LogP contribution in [-0.4, -0.2) is 13.7 Å². The molecule has 0 aromatic carbocycles. The molecule has 0 aliphatic heterocycles. The quantitative estimate of drug-likeness (QED) is 0.644. The highest BCUT2D eigenvalue weighted by atomic mass is 32.1. The zero-order valence-electron chi connectivity index (χ0n) is 7.90. The maximum atomic E-state index is 4.44. The first kappa shape index (κ1) is 8.56. The van der Waals surface area contributed by atoms with Gasteiger partial charge in [0.2, 0.25) is 0 Å². The average Bonchev–Trinajstić information content (AvgIpc) is 2.47. The molecule has 2 rings (SSSR count). The average molecular weight is 193 g/mol. The van der Waals surface area contributed by atoms with Crippen LogP contribution in [0.15, 0.2) is 12.1 Å². The van der Waals surface area contributed by atoms with E-state index in [-0.39, 0.29) is 5.41 Å². The highest BCUT2D eigenvalue weighted by molar-refractivity contribution is 7.00. The van der Waals surface area contributed by atoms with Gasteiger partial charge in [0, 0.05) is 11.1 Å². The van der Waals surface area contributed by atoms with E-state index in [1.807, 2.05) is 12.1 Å². The van der Waals surface area contributed by atoms with Crippen LogP contribution < -0.4 is 0 Å². The first-order valence-electron chi connectivity index (χ1n) is 4.17. The Labute approximate surface area is 81.2 Å². The van der Waals surface area contributed by atoms with Crippen molar-refractivity contribution in [3.63, 3.8) is 0 Å². The summed E-state index contributed by atoms with van der Waals surface area (Å²) in [5.74, 6) is 0. The summed E-state index contributed by atoms with van der Waals surface area (Å²) < 4.78 is 8.22. The second kappa shape index (κ2) is 2.73. The molecule has 2 heterocycles. The summed E-state index contributed by atoms with van der Waals surface area (Å²) >= 11 is 1.21. The molecule has 0 aliphatic rings. The van der Waals surface area contributed by atoms with E-state index in [0.717, 1.165) is 16.9 Å². The SMILES string of the molecule is CC(C)(C)c1ccc2nsnc2n1. The van der Waals surface area contributed by atoms with Crippen LogP contribution in [0.2, 0.25) is 0 Å². The fourth-order valence-corrected chi connectivity index (χ4v) is 1.58. The van der Waals surface area contributed by atoms with E-state index in [9.17, 15) is 0 Å². The van der Waals surface area contributed by atoms with Crippen LogP contribution in [0.5, 0.6) is 0 Å². The van der Waals surface area contributed by atoms with Gasteiger partial charge < -0.3 is 0 Å². The van der Waals surface area contributed by atoms with Gasteiger partial charge >= 0.3 is 0 Å². The molecule has 0 radical (unpaired) electrons. The Bertz CT molecular complexity index is 428. The number of nitrogens with zero attached hydrogens (tertiary/aromatic N) is 3. The van der Waals surface area contributed by atoms with Crippen molar-refractivity contribution >= 4 is 22.9 Å². The summed E-state index contributed by atoms with van der Waals surface area (Å²) in [5.41, 5.74) is 2.79. The minimum absolute atomic E-state index is 0.0812. The molecule has 0 saturated heterocycles. The molecule has 0 fully saturated rings. The van der Waals surface area contributed by atoms with E-state index in [1.165, 1.54) is 11.7 Å². The molecule has 0 bridgehead atoms. The minimum atomic E-state index is 0.0812. The highest BCUT2D eigenvalue weighted by Crippen LogP contribution is 2.21. The zero-order valence-corrected chi connectivity index (χ0v) is 8.72. The van der Waals surface area contributed by atoms with Gasteiger partial charge in [0.15, 0.2) is 5.65 Å². The van der Waals surface area contributed by atoms with Crippen molar-refractivity contribution in [2.75, 3.05) is 0 Å². The topological polar surface area (TPSA) is 38.7 Å². The third kappa shape index (κ3) is 1.54. The lowest BCUT2D eigenvalue weighted by Gasteiger charge is -2.16. The Morgan fingerprint density at radius 3 is 2.62 bits per heavy atom. The molecular weight excluding hydrogens is 182 g/mol. The Hall–Kier alpha value is -1.03. The van der Waals surface area contributed by atoms with Gasteiger partial charge in [-0.1, -0.05) is 20.8 Å². The van der Waals surface area contributed by atoms with Crippen molar-refractivity contribution in [3.05, 3.63) is 17.8 Å². The van der Waals surface area contributed by atoms with Crippen LogP contribution in [0.3, 0.4) is 0 Å². The maximum absolute atomic E-state index is 4.44. The van der Waals surface area contributed by atoms with Gasteiger partial charge in [-0.05, 0) is 12.1 Å². The fourth-order valence-electron chi connectivity index (χ4n) is 1.10. The Kier molecular flexibility index (Phi) is 1.80. The van der Waals surface area contributed by atoms with Crippen LogP contribution in [-0.2, 0) is 5.41 Å². The first-order valence-corrected chi connectivity index (χ1v) is 4.90. The number of pyridine rings is 1. The number of hydrogen-bond donors (Lipinski definition) is 0. The molecule has 0 aliphatic carbocycles. The van der Waals surface area contributed by atoms with Crippen molar-refractivity contribution in [2.24, 2.45) is 0 Å². The largest absolute Gasteiger partial charge is 0.230 e. The number of rotatable bonds is 0. The predicted molar refractivity (Wildman–Crippen MR) is 53.9 cm³/mol. The normalized spacial score (nSPS) is 12.2. The van der Waals surface area contributed by atoms with E-state index in [2.05, 4.69) is 34.5 Å². The van der Waals surface area contributed by atoms with E-state index in [4.69, 9.17) is 0 Å². The van der Waals surface area contributed by atoms with Gasteiger partial charge in [-0.25, -0.2) is 4.98 Å². The molecule has 0 spiro atoms. The lowest BCUT2D eigenvalue weighted by molar-refractivity contribution is 0.571. The minimum Gasteiger partial charge on any atom is -0.230 e. The summed E-state index contributed by atoms with van der Waals surface area (Å²) in [7, 11) is 0. The second-order valence-electron chi connectivity index (χ2n) is 4.05. The molecule has 0 N–H and O–H groups in total. The maximum Gasteiger partial charge on any atom is 0.193 e. The number of hydrogen-bond acceptors (Lipinski definition) is 4. The molecule has 2 aromatic heterocycles. The molecular formula is C9H11N3S. The molecule has 0 atom stereocenters. The monoisotopic (exact) mass is 193 g/mol. The van der Waals surface area contributed by atoms with E-state index >= 15 is 0 Å². The third-order valence-corrected chi connectivity index (χ3v) is 2.42. The van der Waals surface area contributed by atoms with Gasteiger partial charge in [-0.2, -0.15) is 8.75 Å². The molecule has 2 aromatic rings. The van der Waals surface area contributed by atoms with Crippen molar-refractivity contribution in [2.45, 2.75) is 26.2 Å². The molecule has 0 saturated carbocycles. The van der Waals surface area contributed by atoms with E-state index in [0.29, 0.717) is 0 Å². The molecule has 4 heteroatoms. The van der Waals surface area contributed by atoms with E-state index < -0.39 is 0 Å². The lowest BCUT2D eigenvalue weighted by Crippen LogP contribution is -2.13. The van der Waals surface area contributed by atoms with Crippen LogP contribution in [0.1, 0.15) is 26.5 Å². The molecule has 3 nitrogen and oxygen atoms in total. The lowest BCUT2D eigenvalue weighted by atomic mass is 9.92. The summed E-state index contributed by atoms with van der Waals surface area (Å²) in [6.45, 7) is 6.42. The Balaban J connectivity index is 2.61. The highest BCUT2D eigenvalue weighted by Gasteiger charge is 2.16. The van der Waals surface area contributed by atoms with Gasteiger partial charge in [-0.3, -0.25) is 0 Å². The standard InChI is InChI=1S/C9H11N3S/c1-9(2,3)7-5-4-6-8(10-7)12-13-11-6/h4-5H,1-3H3. The van der Waals surface area contributed by atoms with Crippen molar-refractivity contribution in [1.82, 2.24) is 13.7 Å². The zero-order chi connectivity index (χ0) is 9.47. The van der Waals surface area contributed by atoms with Gasteiger partial charge in [0.05, 0.1) is 11.7 Å².